The molecule has 2 amide bonds. The number of nitrogens with two attached hydrogens (primary N) is 1. The first-order chi connectivity index (χ1) is 15.9. The van der Waals surface area contributed by atoms with Crippen molar-refractivity contribution in [3.05, 3.63) is 67.9 Å². The Balaban J connectivity index is 0.000000192. The highest BCUT2D eigenvalue weighted by atomic mass is 35.5. The highest BCUT2D eigenvalue weighted by Crippen LogP contribution is 2.29. The number of anilines is 1. The van der Waals surface area contributed by atoms with Crippen molar-refractivity contribution in [1.82, 2.24) is 19.8 Å². The lowest BCUT2D eigenvalue weighted by atomic mass is 10.2. The quantitative estimate of drug-likeness (QED) is 0.213. The third kappa shape index (κ3) is 5.08. The van der Waals surface area contributed by atoms with E-state index in [0.717, 1.165) is 10.9 Å². The Kier molecular flexibility index (Phi) is 7.04. The van der Waals surface area contributed by atoms with Crippen molar-refractivity contribution in [2.24, 2.45) is 0 Å². The van der Waals surface area contributed by atoms with Gasteiger partial charge in [-0.3, -0.25) is 19.7 Å². The van der Waals surface area contributed by atoms with E-state index in [1.54, 1.807) is 52.5 Å². The minimum Gasteiger partial charge on any atom is -0.399 e. The number of carbonyl (C=O) groups is 2. The van der Waals surface area contributed by atoms with E-state index in [-0.39, 0.29) is 22.5 Å². The van der Waals surface area contributed by atoms with E-state index >= 15 is 0 Å². The molecule has 2 heterocycles. The zero-order chi connectivity index (χ0) is 25.3. The molecular weight excluding hydrogens is 483 g/mol. The van der Waals surface area contributed by atoms with Crippen LogP contribution >= 0.6 is 23.2 Å². The normalized spacial score (nSPS) is 10.6. The molecule has 0 aliphatic carbocycles. The van der Waals surface area contributed by atoms with Crippen LogP contribution in [0.2, 0.25) is 10.0 Å². The van der Waals surface area contributed by atoms with E-state index in [4.69, 9.17) is 28.9 Å². The fraction of sp³-hybridized carbons (Fsp3) is 0.182. The maximum Gasteiger partial charge on any atom is 0.271 e. The molecule has 0 radical (unpaired) electrons. The number of fused-ring (bicyclic) bond motifs is 2. The van der Waals surface area contributed by atoms with Crippen LogP contribution in [0.4, 0.5) is 11.4 Å². The summed E-state index contributed by atoms with van der Waals surface area (Å²) in [6.07, 6.45) is 0. The van der Waals surface area contributed by atoms with Gasteiger partial charge >= 0.3 is 0 Å². The van der Waals surface area contributed by atoms with Crippen molar-refractivity contribution in [3.63, 3.8) is 0 Å². The van der Waals surface area contributed by atoms with Gasteiger partial charge in [0, 0.05) is 56.8 Å². The minimum absolute atomic E-state index is 0.0918. The monoisotopic (exact) mass is 504 g/mol. The number of carbonyl (C=O) groups excluding carboxylic acids is 2. The second-order valence-electron chi connectivity index (χ2n) is 7.88. The maximum atomic E-state index is 11.8. The molecule has 0 aliphatic rings. The van der Waals surface area contributed by atoms with Gasteiger partial charge in [0.2, 0.25) is 0 Å². The molecule has 178 valence electrons. The summed E-state index contributed by atoms with van der Waals surface area (Å²) in [5, 5.41) is 12.8. The number of nitrogens with zero attached hydrogens (tertiary/aromatic N) is 3. The van der Waals surface area contributed by atoms with E-state index in [2.05, 4.69) is 9.97 Å². The van der Waals surface area contributed by atoms with Crippen LogP contribution in [0.3, 0.4) is 0 Å². The van der Waals surface area contributed by atoms with Gasteiger partial charge in [0.05, 0.1) is 26.0 Å². The van der Waals surface area contributed by atoms with Crippen LogP contribution in [0.25, 0.3) is 21.8 Å². The average Bonchev–Trinajstić information content (AvgIpc) is 3.37. The summed E-state index contributed by atoms with van der Waals surface area (Å²) in [5.74, 6) is -0.309. The Morgan fingerprint density at radius 3 is 1.71 bits per heavy atom. The van der Waals surface area contributed by atoms with Crippen LogP contribution in [0.5, 0.6) is 0 Å². The highest BCUT2D eigenvalue weighted by molar-refractivity contribution is 6.36. The number of amides is 2. The number of aromatic amines is 2. The molecule has 12 heteroatoms. The van der Waals surface area contributed by atoms with Gasteiger partial charge in [-0.15, -0.1) is 0 Å². The predicted molar refractivity (Wildman–Crippen MR) is 134 cm³/mol. The zero-order valence-electron chi connectivity index (χ0n) is 18.8. The van der Waals surface area contributed by atoms with Crippen LogP contribution in [0.1, 0.15) is 21.0 Å². The summed E-state index contributed by atoms with van der Waals surface area (Å²) in [6.45, 7) is 0. The molecule has 10 nitrogen and oxygen atoms in total. The van der Waals surface area contributed by atoms with Gasteiger partial charge in [-0.1, -0.05) is 23.2 Å². The Morgan fingerprint density at radius 2 is 1.26 bits per heavy atom. The molecule has 0 unspecified atom stereocenters. The molecule has 2 aromatic carbocycles. The number of H-pyrrole nitrogens is 2. The summed E-state index contributed by atoms with van der Waals surface area (Å²) in [4.78, 5) is 42.4. The molecule has 34 heavy (non-hydrogen) atoms. The molecule has 0 saturated heterocycles. The van der Waals surface area contributed by atoms with Crippen molar-refractivity contribution in [3.8, 4) is 0 Å². The fourth-order valence-electron chi connectivity index (χ4n) is 3.22. The molecular formula is C22H22Cl2N6O4. The van der Waals surface area contributed by atoms with E-state index in [1.165, 1.54) is 21.9 Å². The van der Waals surface area contributed by atoms with Crippen LogP contribution in [0, 0.1) is 10.1 Å². The number of non-ortho nitro benzene ring substituents is 1. The van der Waals surface area contributed by atoms with Crippen molar-refractivity contribution in [2.75, 3.05) is 33.9 Å². The highest BCUT2D eigenvalue weighted by Gasteiger charge is 2.17. The fourth-order valence-corrected chi connectivity index (χ4v) is 3.77. The molecule has 0 atom stereocenters. The second kappa shape index (κ2) is 9.62. The topological polar surface area (TPSA) is 141 Å². The molecule has 4 N–H and O–H groups in total. The van der Waals surface area contributed by atoms with Crippen molar-refractivity contribution in [2.45, 2.75) is 0 Å². The van der Waals surface area contributed by atoms with Gasteiger partial charge in [0.1, 0.15) is 11.4 Å². The van der Waals surface area contributed by atoms with Crippen LogP contribution in [0.15, 0.2) is 36.4 Å². The van der Waals surface area contributed by atoms with E-state index in [1.807, 2.05) is 0 Å². The van der Waals surface area contributed by atoms with Gasteiger partial charge in [-0.2, -0.15) is 0 Å². The molecule has 0 saturated carbocycles. The molecule has 0 fully saturated rings. The number of nitro benzene ring substituents is 1. The van der Waals surface area contributed by atoms with E-state index in [0.29, 0.717) is 33.0 Å². The Hall–Kier alpha value is -3.76. The lowest BCUT2D eigenvalue weighted by molar-refractivity contribution is -0.384. The smallest absolute Gasteiger partial charge is 0.271 e. The summed E-state index contributed by atoms with van der Waals surface area (Å²) in [5.41, 5.74) is 8.27. The number of benzene rings is 2. The van der Waals surface area contributed by atoms with Gasteiger partial charge in [-0.05, 0) is 24.3 Å². The maximum absolute atomic E-state index is 11.8. The van der Waals surface area contributed by atoms with Crippen molar-refractivity contribution < 1.29 is 14.5 Å². The molecule has 0 bridgehead atoms. The molecule has 4 aromatic rings. The zero-order valence-corrected chi connectivity index (χ0v) is 20.3. The second-order valence-corrected chi connectivity index (χ2v) is 8.70. The van der Waals surface area contributed by atoms with Gasteiger partial charge in [0.15, 0.2) is 0 Å². The van der Waals surface area contributed by atoms with Gasteiger partial charge < -0.3 is 25.5 Å². The lowest BCUT2D eigenvalue weighted by Gasteiger charge is -2.07. The Labute approximate surface area is 204 Å². The first-order valence-corrected chi connectivity index (χ1v) is 10.6. The summed E-state index contributed by atoms with van der Waals surface area (Å²) >= 11 is 12.0. The largest absolute Gasteiger partial charge is 0.399 e. The van der Waals surface area contributed by atoms with Crippen molar-refractivity contribution >= 4 is 68.2 Å². The predicted octanol–water partition coefficient (Wildman–Crippen LogP) is 4.54. The number of aromatic nitrogens is 2. The lowest BCUT2D eigenvalue weighted by Crippen LogP contribution is -2.21. The number of hydrogen-bond donors (Lipinski definition) is 3. The number of nitrogens with one attached hydrogen (secondary N) is 2. The third-order valence-corrected chi connectivity index (χ3v) is 5.45. The van der Waals surface area contributed by atoms with E-state index < -0.39 is 4.92 Å². The van der Waals surface area contributed by atoms with Crippen LogP contribution in [-0.4, -0.2) is 64.7 Å². The summed E-state index contributed by atoms with van der Waals surface area (Å²) in [6, 6.07) is 9.37. The van der Waals surface area contributed by atoms with Crippen LogP contribution < -0.4 is 5.73 Å². The van der Waals surface area contributed by atoms with Gasteiger partial charge in [0.25, 0.3) is 17.5 Å². The third-order valence-electron chi connectivity index (χ3n) is 4.85. The summed E-state index contributed by atoms with van der Waals surface area (Å²) in [7, 11) is 6.64. The van der Waals surface area contributed by atoms with Crippen molar-refractivity contribution in [1.29, 1.82) is 0 Å². The first-order valence-electron chi connectivity index (χ1n) is 9.86. The number of halogens is 2. The Bertz CT molecular complexity index is 1420. The first kappa shape index (κ1) is 24.9. The molecule has 4 rings (SSSR count). The SMILES string of the molecule is CN(C)C(=O)c1cc2cc(N)cc(Cl)c2[nH]1.CN(C)C(=O)c1cc2cc([N+](=O)[O-])cc(Cl)c2[nH]1. The number of nitro groups is 1. The number of rotatable bonds is 3. The standard InChI is InChI=1S/C11H10ClN3O3.C11H12ClN3O/c1-14(2)11(16)9-4-6-3-7(15(17)18)5-8(12)10(6)13-9;1-15(2)11(16)9-4-6-3-7(13)5-8(12)10(6)14-9/h3-5,13H,1-2H3;3-5,14H,13H2,1-2H3. The average molecular weight is 505 g/mol. The minimum atomic E-state index is -0.522. The van der Waals surface area contributed by atoms with Gasteiger partial charge in [-0.25, -0.2) is 0 Å². The molecule has 0 aliphatic heterocycles. The van der Waals surface area contributed by atoms with Crippen LogP contribution in [-0.2, 0) is 0 Å². The summed E-state index contributed by atoms with van der Waals surface area (Å²) < 4.78 is 0. The number of hydrogen-bond acceptors (Lipinski definition) is 5. The molecule has 0 spiro atoms. The van der Waals surface area contributed by atoms with E-state index in [9.17, 15) is 19.7 Å². The number of nitrogen functional groups attached to an aromatic ring is 1. The molecule has 2 aromatic heterocycles. The Morgan fingerprint density at radius 1 is 0.824 bits per heavy atom.